The number of aliphatic carboxylic acids is 1. The van der Waals surface area contributed by atoms with E-state index in [1.807, 2.05) is 0 Å². The summed E-state index contributed by atoms with van der Waals surface area (Å²) >= 11 is 0. The Morgan fingerprint density at radius 2 is 1.60 bits per heavy atom. The molecule has 2 rings (SSSR count). The molecule has 0 aliphatic carbocycles. The van der Waals surface area contributed by atoms with Crippen LogP contribution in [0.25, 0.3) is 0 Å². The molecule has 1 atom stereocenters. The molecule has 6 heteroatoms. The van der Waals surface area contributed by atoms with Crippen LogP contribution in [0.1, 0.15) is 11.6 Å². The lowest BCUT2D eigenvalue weighted by Crippen LogP contribution is -2.21. The van der Waals surface area contributed by atoms with E-state index in [9.17, 15) is 18.0 Å². The summed E-state index contributed by atoms with van der Waals surface area (Å²) in [6.45, 7) is 0. The van der Waals surface area contributed by atoms with Crippen LogP contribution in [0.5, 0.6) is 0 Å². The summed E-state index contributed by atoms with van der Waals surface area (Å²) in [5, 5.41) is 11.8. The molecular formula is C14H10F3NO2. The molecule has 104 valence electrons. The first-order chi connectivity index (χ1) is 9.49. The summed E-state index contributed by atoms with van der Waals surface area (Å²) in [4.78, 5) is 11.2. The highest BCUT2D eigenvalue weighted by Gasteiger charge is 2.23. The molecule has 2 aromatic carbocycles. The molecule has 0 amide bonds. The zero-order valence-electron chi connectivity index (χ0n) is 10.1. The molecule has 2 aromatic rings. The maximum Gasteiger partial charge on any atom is 0.330 e. The van der Waals surface area contributed by atoms with E-state index in [4.69, 9.17) is 5.11 Å². The van der Waals surface area contributed by atoms with Gasteiger partial charge < -0.3 is 10.4 Å². The average molecular weight is 281 g/mol. The summed E-state index contributed by atoms with van der Waals surface area (Å²) in [6.07, 6.45) is 0. The minimum absolute atomic E-state index is 0.210. The van der Waals surface area contributed by atoms with Crippen molar-refractivity contribution in [3.8, 4) is 0 Å². The number of carboxylic acid groups (broad SMARTS) is 1. The molecular weight excluding hydrogens is 271 g/mol. The van der Waals surface area contributed by atoms with E-state index in [1.165, 1.54) is 0 Å². The second-order valence-electron chi connectivity index (χ2n) is 4.08. The number of anilines is 1. The minimum Gasteiger partial charge on any atom is -0.479 e. The maximum atomic E-state index is 13.2. The van der Waals surface area contributed by atoms with Gasteiger partial charge in [0, 0.05) is 5.69 Å². The molecule has 0 saturated carbocycles. The third kappa shape index (κ3) is 2.90. The lowest BCUT2D eigenvalue weighted by molar-refractivity contribution is -0.138. The summed E-state index contributed by atoms with van der Waals surface area (Å²) in [5.41, 5.74) is 0.253. The van der Waals surface area contributed by atoms with Crippen LogP contribution in [-0.2, 0) is 4.79 Å². The normalized spacial score (nSPS) is 11.9. The quantitative estimate of drug-likeness (QED) is 0.845. The summed E-state index contributed by atoms with van der Waals surface area (Å²) in [5.74, 6) is -5.82. The number of para-hydroxylation sites is 1. The first-order valence-electron chi connectivity index (χ1n) is 5.68. The van der Waals surface area contributed by atoms with Crippen LogP contribution < -0.4 is 5.32 Å². The van der Waals surface area contributed by atoms with Gasteiger partial charge in [0.2, 0.25) is 0 Å². The van der Waals surface area contributed by atoms with Gasteiger partial charge in [0.1, 0.15) is 0 Å². The number of benzene rings is 2. The fraction of sp³-hybridized carbons (Fsp3) is 0.0714. The monoisotopic (exact) mass is 281 g/mol. The van der Waals surface area contributed by atoms with Crippen molar-refractivity contribution >= 4 is 11.7 Å². The van der Waals surface area contributed by atoms with Crippen molar-refractivity contribution < 1.29 is 23.1 Å². The predicted octanol–water partition coefficient (Wildman–Crippen LogP) is 3.34. The molecule has 3 nitrogen and oxygen atoms in total. The molecule has 1 unspecified atom stereocenters. The highest BCUT2D eigenvalue weighted by atomic mass is 19.2. The van der Waals surface area contributed by atoms with Crippen molar-refractivity contribution in [3.63, 3.8) is 0 Å². The molecule has 0 bridgehead atoms. The standard InChI is InChI=1S/C14H10F3NO2/c15-10-6-8(7-11(16)12(10)17)13(14(19)20)18-9-4-2-1-3-5-9/h1-7,13,18H,(H,19,20). The lowest BCUT2D eigenvalue weighted by Gasteiger charge is -2.16. The van der Waals surface area contributed by atoms with E-state index in [0.717, 1.165) is 0 Å². The second-order valence-corrected chi connectivity index (χ2v) is 4.08. The number of rotatable bonds is 4. The van der Waals surface area contributed by atoms with Crippen LogP contribution in [0, 0.1) is 17.5 Å². The minimum atomic E-state index is -1.63. The Kier molecular flexibility index (Phi) is 3.93. The van der Waals surface area contributed by atoms with E-state index < -0.39 is 29.5 Å². The highest BCUT2D eigenvalue weighted by molar-refractivity contribution is 5.79. The van der Waals surface area contributed by atoms with Crippen molar-refractivity contribution in [2.45, 2.75) is 6.04 Å². The number of nitrogens with one attached hydrogen (secondary N) is 1. The van der Waals surface area contributed by atoms with Gasteiger partial charge in [0.05, 0.1) is 0 Å². The van der Waals surface area contributed by atoms with Gasteiger partial charge in [-0.25, -0.2) is 18.0 Å². The molecule has 0 heterocycles. The van der Waals surface area contributed by atoms with Crippen molar-refractivity contribution in [1.29, 1.82) is 0 Å². The highest BCUT2D eigenvalue weighted by Crippen LogP contribution is 2.23. The van der Waals surface area contributed by atoms with E-state index in [2.05, 4.69) is 5.32 Å². The van der Waals surface area contributed by atoms with Gasteiger partial charge >= 0.3 is 5.97 Å². The van der Waals surface area contributed by atoms with Gasteiger partial charge in [-0.3, -0.25) is 0 Å². The largest absolute Gasteiger partial charge is 0.479 e. The molecule has 0 saturated heterocycles. The topological polar surface area (TPSA) is 49.3 Å². The summed E-state index contributed by atoms with van der Waals surface area (Å²) < 4.78 is 39.2. The lowest BCUT2D eigenvalue weighted by atomic mass is 10.1. The molecule has 2 N–H and O–H groups in total. The Balaban J connectivity index is 2.37. The van der Waals surface area contributed by atoms with Crippen LogP contribution in [0.2, 0.25) is 0 Å². The van der Waals surface area contributed by atoms with E-state index in [0.29, 0.717) is 17.8 Å². The van der Waals surface area contributed by atoms with E-state index >= 15 is 0 Å². The summed E-state index contributed by atoms with van der Waals surface area (Å²) in [7, 11) is 0. The van der Waals surface area contributed by atoms with Crippen molar-refractivity contribution in [2.24, 2.45) is 0 Å². The van der Waals surface area contributed by atoms with Crippen molar-refractivity contribution in [1.82, 2.24) is 0 Å². The fourth-order valence-corrected chi connectivity index (χ4v) is 1.73. The molecule has 0 aromatic heterocycles. The van der Waals surface area contributed by atoms with Gasteiger partial charge in [-0.15, -0.1) is 0 Å². The Hall–Kier alpha value is -2.50. The number of hydrogen-bond acceptors (Lipinski definition) is 2. The van der Waals surface area contributed by atoms with Crippen molar-refractivity contribution in [3.05, 3.63) is 65.5 Å². The summed E-state index contributed by atoms with van der Waals surface area (Å²) in [6, 6.07) is 8.22. The maximum absolute atomic E-state index is 13.2. The Morgan fingerprint density at radius 1 is 1.05 bits per heavy atom. The van der Waals surface area contributed by atoms with Crippen LogP contribution in [-0.4, -0.2) is 11.1 Å². The molecule has 0 fully saturated rings. The Bertz CT molecular complexity index is 609. The number of halogens is 3. The molecule has 0 aliphatic heterocycles. The average Bonchev–Trinajstić information content (AvgIpc) is 2.42. The van der Waals surface area contributed by atoms with Crippen LogP contribution in [0.4, 0.5) is 18.9 Å². The van der Waals surface area contributed by atoms with E-state index in [-0.39, 0.29) is 5.56 Å². The first kappa shape index (κ1) is 13.9. The molecule has 0 spiro atoms. The smallest absolute Gasteiger partial charge is 0.330 e. The third-order valence-corrected chi connectivity index (χ3v) is 2.67. The van der Waals surface area contributed by atoms with Gasteiger partial charge in [-0.1, -0.05) is 18.2 Å². The van der Waals surface area contributed by atoms with Gasteiger partial charge in [-0.05, 0) is 29.8 Å². The van der Waals surface area contributed by atoms with Crippen molar-refractivity contribution in [2.75, 3.05) is 5.32 Å². The van der Waals surface area contributed by atoms with Crippen LogP contribution in [0.3, 0.4) is 0 Å². The molecule has 0 aliphatic rings. The van der Waals surface area contributed by atoms with E-state index in [1.54, 1.807) is 30.3 Å². The molecule has 0 radical (unpaired) electrons. The van der Waals surface area contributed by atoms with Gasteiger partial charge in [0.25, 0.3) is 0 Å². The SMILES string of the molecule is O=C(O)C(Nc1ccccc1)c1cc(F)c(F)c(F)c1. The number of hydrogen-bond donors (Lipinski definition) is 2. The third-order valence-electron chi connectivity index (χ3n) is 2.67. The van der Waals surface area contributed by atoms with Gasteiger partial charge in [0.15, 0.2) is 23.5 Å². The van der Waals surface area contributed by atoms with Crippen LogP contribution >= 0.6 is 0 Å². The Labute approximate surface area is 112 Å². The first-order valence-corrected chi connectivity index (χ1v) is 5.68. The van der Waals surface area contributed by atoms with Crippen LogP contribution in [0.15, 0.2) is 42.5 Å². The second kappa shape index (κ2) is 5.64. The Morgan fingerprint density at radius 3 is 2.10 bits per heavy atom. The zero-order chi connectivity index (χ0) is 14.7. The zero-order valence-corrected chi connectivity index (χ0v) is 10.1. The predicted molar refractivity (Wildman–Crippen MR) is 66.8 cm³/mol. The fourth-order valence-electron chi connectivity index (χ4n) is 1.73. The van der Waals surface area contributed by atoms with Gasteiger partial charge in [-0.2, -0.15) is 0 Å². The number of carboxylic acids is 1. The molecule has 20 heavy (non-hydrogen) atoms. The number of carbonyl (C=O) groups is 1.